The van der Waals surface area contributed by atoms with Crippen LogP contribution in [-0.2, 0) is 0 Å². The minimum absolute atomic E-state index is 0.181. The number of nitrogens with one attached hydrogen (secondary N) is 2. The van der Waals surface area contributed by atoms with Gasteiger partial charge in [0.2, 0.25) is 0 Å². The van der Waals surface area contributed by atoms with Crippen LogP contribution in [-0.4, -0.2) is 22.1 Å². The number of carbonyl (C=O) groups excluding carboxylic acids is 1. The zero-order chi connectivity index (χ0) is 13.0. The second kappa shape index (κ2) is 5.94. The SMILES string of the molecule is Cc1cc(NC(=O)NC[C@@H](O)c2ccsc2)sn1. The molecule has 2 amide bonds. The third-order valence-electron chi connectivity index (χ3n) is 2.25. The summed E-state index contributed by atoms with van der Waals surface area (Å²) in [5.41, 5.74) is 1.68. The number of thiophene rings is 1. The highest BCUT2D eigenvalue weighted by Gasteiger charge is 2.10. The zero-order valence-corrected chi connectivity index (χ0v) is 11.3. The predicted molar refractivity (Wildman–Crippen MR) is 73.2 cm³/mol. The number of anilines is 1. The molecular weight excluding hydrogens is 270 g/mol. The Morgan fingerprint density at radius 1 is 1.61 bits per heavy atom. The molecule has 0 saturated heterocycles. The van der Waals surface area contributed by atoms with Crippen molar-refractivity contribution in [2.24, 2.45) is 0 Å². The number of amides is 2. The van der Waals surface area contributed by atoms with E-state index < -0.39 is 6.10 Å². The predicted octanol–water partition coefficient (Wildman–Crippen LogP) is 2.37. The van der Waals surface area contributed by atoms with Crippen molar-refractivity contribution in [3.8, 4) is 0 Å². The Labute approximate surface area is 113 Å². The van der Waals surface area contributed by atoms with Gasteiger partial charge in [0.1, 0.15) is 5.00 Å². The Kier molecular flexibility index (Phi) is 4.29. The third kappa shape index (κ3) is 3.52. The van der Waals surface area contributed by atoms with Crippen LogP contribution in [0.1, 0.15) is 17.4 Å². The second-order valence-corrected chi connectivity index (χ2v) is 5.33. The lowest BCUT2D eigenvalue weighted by molar-refractivity contribution is 0.175. The van der Waals surface area contributed by atoms with Crippen molar-refractivity contribution >= 4 is 33.9 Å². The van der Waals surface area contributed by atoms with Gasteiger partial charge in [0.25, 0.3) is 0 Å². The highest BCUT2D eigenvalue weighted by Crippen LogP contribution is 2.16. The molecule has 0 saturated carbocycles. The van der Waals surface area contributed by atoms with Crippen molar-refractivity contribution in [3.05, 3.63) is 34.2 Å². The molecule has 0 unspecified atom stereocenters. The van der Waals surface area contributed by atoms with Gasteiger partial charge in [0, 0.05) is 6.54 Å². The van der Waals surface area contributed by atoms with Gasteiger partial charge in [-0.25, -0.2) is 4.79 Å². The minimum atomic E-state index is -0.676. The Morgan fingerprint density at radius 2 is 2.44 bits per heavy atom. The van der Waals surface area contributed by atoms with E-state index in [-0.39, 0.29) is 12.6 Å². The standard InChI is InChI=1S/C11H13N3O2S2/c1-7-4-10(18-14-7)13-11(16)12-5-9(15)8-2-3-17-6-8/h2-4,6,9,15H,5H2,1H3,(H2,12,13,16)/t9-/m1/s1. The summed E-state index contributed by atoms with van der Waals surface area (Å²) >= 11 is 2.74. The lowest BCUT2D eigenvalue weighted by atomic mass is 10.2. The molecule has 7 heteroatoms. The summed E-state index contributed by atoms with van der Waals surface area (Å²) < 4.78 is 4.06. The minimum Gasteiger partial charge on any atom is -0.387 e. The summed E-state index contributed by atoms with van der Waals surface area (Å²) in [6.45, 7) is 2.04. The Hall–Kier alpha value is -1.44. The fourth-order valence-electron chi connectivity index (χ4n) is 1.35. The average Bonchev–Trinajstić information content (AvgIpc) is 2.97. The molecule has 0 aliphatic heterocycles. The summed E-state index contributed by atoms with van der Waals surface area (Å²) in [5.74, 6) is 0. The second-order valence-electron chi connectivity index (χ2n) is 3.74. The van der Waals surface area contributed by atoms with Crippen LogP contribution in [0.15, 0.2) is 22.9 Å². The van der Waals surface area contributed by atoms with Crippen molar-refractivity contribution in [3.63, 3.8) is 0 Å². The van der Waals surface area contributed by atoms with E-state index in [9.17, 15) is 9.90 Å². The van der Waals surface area contributed by atoms with E-state index in [4.69, 9.17) is 0 Å². The van der Waals surface area contributed by atoms with Crippen LogP contribution in [0.4, 0.5) is 9.80 Å². The Balaban J connectivity index is 1.78. The van der Waals surface area contributed by atoms with Crippen molar-refractivity contribution < 1.29 is 9.90 Å². The van der Waals surface area contributed by atoms with Gasteiger partial charge in [-0.05, 0) is 46.9 Å². The number of hydrogen-bond donors (Lipinski definition) is 3. The highest BCUT2D eigenvalue weighted by molar-refractivity contribution is 7.10. The van der Waals surface area contributed by atoms with Crippen molar-refractivity contribution in [2.75, 3.05) is 11.9 Å². The van der Waals surface area contributed by atoms with Crippen LogP contribution in [0.25, 0.3) is 0 Å². The van der Waals surface area contributed by atoms with Gasteiger partial charge in [-0.3, -0.25) is 5.32 Å². The average molecular weight is 283 g/mol. The van der Waals surface area contributed by atoms with E-state index in [0.29, 0.717) is 5.00 Å². The first-order valence-corrected chi connectivity index (χ1v) is 7.05. The zero-order valence-electron chi connectivity index (χ0n) is 9.71. The molecule has 0 fully saturated rings. The first-order chi connectivity index (χ1) is 8.65. The molecule has 1 atom stereocenters. The topological polar surface area (TPSA) is 74.2 Å². The molecule has 5 nitrogen and oxygen atoms in total. The fourth-order valence-corrected chi connectivity index (χ4v) is 2.71. The summed E-state index contributed by atoms with van der Waals surface area (Å²) in [4.78, 5) is 11.5. The number of aryl methyl sites for hydroxylation is 1. The third-order valence-corrected chi connectivity index (χ3v) is 3.75. The molecule has 3 N–H and O–H groups in total. The number of rotatable bonds is 4. The monoisotopic (exact) mass is 283 g/mol. The van der Waals surface area contributed by atoms with Gasteiger partial charge in [0.15, 0.2) is 0 Å². The van der Waals surface area contributed by atoms with E-state index in [1.165, 1.54) is 22.9 Å². The van der Waals surface area contributed by atoms with E-state index in [1.54, 1.807) is 6.07 Å². The maximum atomic E-state index is 11.5. The summed E-state index contributed by atoms with van der Waals surface area (Å²) in [7, 11) is 0. The number of carbonyl (C=O) groups is 1. The summed E-state index contributed by atoms with van der Waals surface area (Å²) in [6, 6.07) is 3.29. The van der Waals surface area contributed by atoms with Crippen molar-refractivity contribution in [1.82, 2.24) is 9.69 Å². The fraction of sp³-hybridized carbons (Fsp3) is 0.273. The largest absolute Gasteiger partial charge is 0.387 e. The number of aliphatic hydroxyl groups is 1. The Morgan fingerprint density at radius 3 is 3.06 bits per heavy atom. The van der Waals surface area contributed by atoms with Crippen LogP contribution in [0, 0.1) is 6.92 Å². The molecule has 0 aliphatic rings. The first-order valence-electron chi connectivity index (χ1n) is 5.33. The molecule has 96 valence electrons. The van der Waals surface area contributed by atoms with Crippen molar-refractivity contribution in [1.29, 1.82) is 0 Å². The molecular formula is C11H13N3O2S2. The normalized spacial score (nSPS) is 12.1. The van der Waals surface area contributed by atoms with Gasteiger partial charge < -0.3 is 10.4 Å². The molecule has 0 bridgehead atoms. The number of nitrogens with zero attached hydrogens (tertiary/aromatic N) is 1. The molecule has 0 aromatic carbocycles. The quantitative estimate of drug-likeness (QED) is 0.806. The van der Waals surface area contributed by atoms with Gasteiger partial charge in [-0.1, -0.05) is 0 Å². The van der Waals surface area contributed by atoms with Crippen molar-refractivity contribution in [2.45, 2.75) is 13.0 Å². The van der Waals surface area contributed by atoms with E-state index in [2.05, 4.69) is 15.0 Å². The van der Waals surface area contributed by atoms with Gasteiger partial charge >= 0.3 is 6.03 Å². The highest BCUT2D eigenvalue weighted by atomic mass is 32.1. The van der Waals surface area contributed by atoms with Gasteiger partial charge in [0.05, 0.1) is 11.8 Å². The maximum Gasteiger partial charge on any atom is 0.319 e. The summed E-state index contributed by atoms with van der Waals surface area (Å²) in [6.07, 6.45) is -0.676. The number of aliphatic hydroxyl groups excluding tert-OH is 1. The van der Waals surface area contributed by atoms with Gasteiger partial charge in [-0.2, -0.15) is 15.7 Å². The van der Waals surface area contributed by atoms with Gasteiger partial charge in [-0.15, -0.1) is 0 Å². The maximum absolute atomic E-state index is 11.5. The van der Waals surface area contributed by atoms with E-state index in [1.807, 2.05) is 23.8 Å². The lowest BCUT2D eigenvalue weighted by Crippen LogP contribution is -2.32. The molecule has 2 rings (SSSR count). The van der Waals surface area contributed by atoms with Crippen LogP contribution in [0.3, 0.4) is 0 Å². The molecule has 2 aromatic rings. The molecule has 18 heavy (non-hydrogen) atoms. The Bertz CT molecular complexity index is 510. The number of urea groups is 1. The smallest absolute Gasteiger partial charge is 0.319 e. The molecule has 2 heterocycles. The first kappa shape index (κ1) is 13.0. The number of aromatic nitrogens is 1. The molecule has 2 aromatic heterocycles. The van der Waals surface area contributed by atoms with E-state index in [0.717, 1.165) is 11.3 Å². The molecule has 0 spiro atoms. The molecule has 0 aliphatic carbocycles. The van der Waals surface area contributed by atoms with E-state index >= 15 is 0 Å². The number of hydrogen-bond acceptors (Lipinski definition) is 5. The molecule has 0 radical (unpaired) electrons. The summed E-state index contributed by atoms with van der Waals surface area (Å²) in [5, 5.41) is 19.5. The lowest BCUT2D eigenvalue weighted by Gasteiger charge is -2.10. The van der Waals surface area contributed by atoms with Crippen LogP contribution < -0.4 is 10.6 Å². The van der Waals surface area contributed by atoms with Crippen LogP contribution in [0.2, 0.25) is 0 Å². The van der Waals surface area contributed by atoms with Crippen LogP contribution >= 0.6 is 22.9 Å². The van der Waals surface area contributed by atoms with Crippen LogP contribution in [0.5, 0.6) is 0 Å².